The molecule has 1 unspecified atom stereocenters. The summed E-state index contributed by atoms with van der Waals surface area (Å²) < 4.78 is 3.28. The van der Waals surface area contributed by atoms with Crippen LogP contribution in [0.3, 0.4) is 0 Å². The lowest BCUT2D eigenvalue weighted by molar-refractivity contribution is 0.639. The highest BCUT2D eigenvalue weighted by Crippen LogP contribution is 2.28. The fourth-order valence-electron chi connectivity index (χ4n) is 1.18. The molecule has 1 rings (SSSR count). The van der Waals surface area contributed by atoms with Gasteiger partial charge in [-0.05, 0) is 41.7 Å². The fourth-order valence-corrected chi connectivity index (χ4v) is 2.03. The maximum Gasteiger partial charge on any atom is 0.0286 e. The van der Waals surface area contributed by atoms with Crippen LogP contribution in [0.25, 0.3) is 0 Å². The van der Waals surface area contributed by atoms with Gasteiger partial charge in [0.05, 0.1) is 0 Å². The van der Waals surface area contributed by atoms with E-state index in [2.05, 4.69) is 25.5 Å². The summed E-state index contributed by atoms with van der Waals surface area (Å²) in [6, 6.07) is 0. The zero-order valence-corrected chi connectivity index (χ0v) is 7.72. The largest absolute Gasteiger partial charge is 0.256 e. The van der Waals surface area contributed by atoms with E-state index in [-0.39, 0.29) is 0 Å². The normalized spacial score (nSPS) is 21.9. The molecule has 0 aromatic rings. The highest BCUT2D eigenvalue weighted by Gasteiger charge is 2.15. The Bertz CT molecular complexity index is 151. The van der Waals surface area contributed by atoms with E-state index < -0.39 is 0 Å². The average Bonchev–Trinajstić information content (AvgIpc) is 2.34. The summed E-state index contributed by atoms with van der Waals surface area (Å²) in [6.45, 7) is 7.83. The van der Waals surface area contributed by atoms with Crippen LogP contribution in [0.5, 0.6) is 0 Å². The second kappa shape index (κ2) is 3.44. The molecule has 0 aliphatic carbocycles. The van der Waals surface area contributed by atoms with Crippen LogP contribution in [0.15, 0.2) is 10.5 Å². The van der Waals surface area contributed by atoms with Gasteiger partial charge in [0.15, 0.2) is 0 Å². The maximum absolute atomic E-state index is 3.28. The van der Waals surface area contributed by atoms with Gasteiger partial charge in [-0.1, -0.05) is 13.8 Å². The Morgan fingerprint density at radius 1 is 1.70 bits per heavy atom. The topological polar surface area (TPSA) is 12.0 Å². The van der Waals surface area contributed by atoms with Gasteiger partial charge in [0, 0.05) is 6.54 Å². The molecule has 0 radical (unpaired) electrons. The van der Waals surface area contributed by atoms with E-state index >= 15 is 0 Å². The van der Waals surface area contributed by atoms with E-state index in [1.807, 2.05) is 0 Å². The van der Waals surface area contributed by atoms with Crippen LogP contribution < -0.4 is 4.72 Å². The van der Waals surface area contributed by atoms with Gasteiger partial charge in [0.2, 0.25) is 0 Å². The number of rotatable bonds is 2. The number of hydrogen-bond acceptors (Lipinski definition) is 2. The van der Waals surface area contributed by atoms with Crippen molar-refractivity contribution in [3.63, 3.8) is 0 Å². The predicted molar refractivity (Wildman–Crippen MR) is 47.7 cm³/mol. The van der Waals surface area contributed by atoms with Crippen molar-refractivity contribution in [2.45, 2.75) is 27.2 Å². The van der Waals surface area contributed by atoms with Gasteiger partial charge in [0.25, 0.3) is 0 Å². The van der Waals surface area contributed by atoms with E-state index in [0.717, 1.165) is 12.5 Å². The summed E-state index contributed by atoms with van der Waals surface area (Å²) in [5, 5.41) is 0. The lowest BCUT2D eigenvalue weighted by Crippen LogP contribution is -2.06. The van der Waals surface area contributed by atoms with Gasteiger partial charge in [-0.15, -0.1) is 0 Å². The quantitative estimate of drug-likeness (QED) is 0.618. The highest BCUT2D eigenvalue weighted by atomic mass is 32.2. The van der Waals surface area contributed by atoms with Gasteiger partial charge >= 0.3 is 0 Å². The molecule has 1 aliphatic rings. The van der Waals surface area contributed by atoms with E-state index in [1.165, 1.54) is 11.3 Å². The van der Waals surface area contributed by atoms with Crippen molar-refractivity contribution >= 4 is 11.9 Å². The summed E-state index contributed by atoms with van der Waals surface area (Å²) in [7, 11) is 0. The Morgan fingerprint density at radius 2 is 2.40 bits per heavy atom. The smallest absolute Gasteiger partial charge is 0.0286 e. The molecule has 2 heteroatoms. The van der Waals surface area contributed by atoms with E-state index in [4.69, 9.17) is 0 Å². The summed E-state index contributed by atoms with van der Waals surface area (Å²) in [4.78, 5) is 1.48. The highest BCUT2D eigenvalue weighted by molar-refractivity contribution is 8.01. The van der Waals surface area contributed by atoms with Crippen LogP contribution in [-0.2, 0) is 0 Å². The minimum Gasteiger partial charge on any atom is -0.256 e. The van der Waals surface area contributed by atoms with Crippen molar-refractivity contribution in [1.29, 1.82) is 0 Å². The van der Waals surface area contributed by atoms with E-state index in [0.29, 0.717) is 0 Å². The van der Waals surface area contributed by atoms with Gasteiger partial charge in [-0.3, -0.25) is 4.72 Å². The standard InChI is InChI=1S/C8H15NS/c1-4-6(2)8-5-9-10-7(8)3/h6,9H,4-5H2,1-3H3. The first kappa shape index (κ1) is 8.15. The predicted octanol–water partition coefficient (Wildman–Crippen LogP) is 2.56. The zero-order chi connectivity index (χ0) is 7.56. The van der Waals surface area contributed by atoms with Crippen LogP contribution in [0.4, 0.5) is 0 Å². The van der Waals surface area contributed by atoms with Crippen molar-refractivity contribution in [3.05, 3.63) is 10.5 Å². The SMILES string of the molecule is CCC(C)C1=C(C)SNC1. The third-order valence-corrected chi connectivity index (χ3v) is 3.00. The number of allylic oxidation sites excluding steroid dienone is 1. The Kier molecular flexibility index (Phi) is 2.81. The molecule has 0 bridgehead atoms. The molecular weight excluding hydrogens is 142 g/mol. The Balaban J connectivity index is 2.61. The Hall–Kier alpha value is 0.0500. The van der Waals surface area contributed by atoms with E-state index in [1.54, 1.807) is 17.5 Å². The minimum atomic E-state index is 0.766. The molecule has 0 aromatic carbocycles. The molecule has 1 aliphatic heterocycles. The molecule has 0 aromatic heterocycles. The average molecular weight is 157 g/mol. The molecule has 1 nitrogen and oxygen atoms in total. The van der Waals surface area contributed by atoms with Crippen molar-refractivity contribution in [1.82, 2.24) is 4.72 Å². The summed E-state index contributed by atoms with van der Waals surface area (Å²) in [5.74, 6) is 0.766. The van der Waals surface area contributed by atoms with Crippen LogP contribution >= 0.6 is 11.9 Å². The molecule has 58 valence electrons. The minimum absolute atomic E-state index is 0.766. The molecule has 1 atom stereocenters. The molecule has 0 fully saturated rings. The van der Waals surface area contributed by atoms with Gasteiger partial charge in [-0.2, -0.15) is 0 Å². The van der Waals surface area contributed by atoms with Crippen LogP contribution in [0, 0.1) is 5.92 Å². The molecule has 1 N–H and O–H groups in total. The fraction of sp³-hybridized carbons (Fsp3) is 0.750. The second-order valence-electron chi connectivity index (χ2n) is 2.81. The lowest BCUT2D eigenvalue weighted by atomic mass is 9.98. The van der Waals surface area contributed by atoms with Crippen molar-refractivity contribution in [2.24, 2.45) is 5.92 Å². The summed E-state index contributed by atoms with van der Waals surface area (Å²) >= 11 is 1.78. The monoisotopic (exact) mass is 157 g/mol. The first-order chi connectivity index (χ1) is 4.75. The maximum atomic E-state index is 3.28. The first-order valence-electron chi connectivity index (χ1n) is 3.85. The molecule has 1 heterocycles. The molecule has 0 saturated heterocycles. The molecule has 10 heavy (non-hydrogen) atoms. The Labute approximate surface area is 67.4 Å². The third kappa shape index (κ3) is 1.55. The lowest BCUT2D eigenvalue weighted by Gasteiger charge is -2.09. The number of hydrogen-bond donors (Lipinski definition) is 1. The molecular formula is C8H15NS. The van der Waals surface area contributed by atoms with E-state index in [9.17, 15) is 0 Å². The van der Waals surface area contributed by atoms with Crippen molar-refractivity contribution in [3.8, 4) is 0 Å². The summed E-state index contributed by atoms with van der Waals surface area (Å²) in [6.07, 6.45) is 1.26. The van der Waals surface area contributed by atoms with Crippen LogP contribution in [0.1, 0.15) is 27.2 Å². The zero-order valence-electron chi connectivity index (χ0n) is 6.90. The van der Waals surface area contributed by atoms with Gasteiger partial charge < -0.3 is 0 Å². The van der Waals surface area contributed by atoms with Crippen LogP contribution in [-0.4, -0.2) is 6.54 Å². The van der Waals surface area contributed by atoms with Crippen molar-refractivity contribution in [2.75, 3.05) is 6.54 Å². The first-order valence-corrected chi connectivity index (χ1v) is 4.66. The molecule has 0 spiro atoms. The van der Waals surface area contributed by atoms with Gasteiger partial charge in [-0.25, -0.2) is 0 Å². The van der Waals surface area contributed by atoms with Crippen LogP contribution in [0.2, 0.25) is 0 Å². The molecule has 0 amide bonds. The Morgan fingerprint density at radius 3 is 2.80 bits per heavy atom. The van der Waals surface area contributed by atoms with Crippen molar-refractivity contribution < 1.29 is 0 Å². The second-order valence-corrected chi connectivity index (χ2v) is 3.92. The molecule has 0 saturated carbocycles. The third-order valence-electron chi connectivity index (χ3n) is 2.15. The number of nitrogens with one attached hydrogen (secondary N) is 1. The van der Waals surface area contributed by atoms with Gasteiger partial charge in [0.1, 0.15) is 0 Å². The summed E-state index contributed by atoms with van der Waals surface area (Å²) in [5.41, 5.74) is 1.60.